The Kier molecular flexibility index (Phi) is 6.55. The van der Waals surface area contributed by atoms with Crippen molar-refractivity contribution in [3.05, 3.63) is 48.4 Å². The van der Waals surface area contributed by atoms with Gasteiger partial charge in [-0.25, -0.2) is 9.67 Å². The molecule has 0 radical (unpaired) electrons. The molecule has 5 rings (SSSR count). The van der Waals surface area contributed by atoms with Crippen LogP contribution in [0.2, 0.25) is 0 Å². The zero-order valence-corrected chi connectivity index (χ0v) is 19.7. The summed E-state index contributed by atoms with van der Waals surface area (Å²) >= 11 is 0. The fraction of sp³-hybridized carbons (Fsp3) is 0.440. The van der Waals surface area contributed by atoms with Gasteiger partial charge in [0.05, 0.1) is 30.7 Å². The molecule has 2 aliphatic rings. The Morgan fingerprint density at radius 1 is 1.24 bits per heavy atom. The van der Waals surface area contributed by atoms with Crippen LogP contribution in [0.15, 0.2) is 47.9 Å². The van der Waals surface area contributed by atoms with E-state index in [-0.39, 0.29) is 12.3 Å². The zero-order valence-electron chi connectivity index (χ0n) is 19.7. The number of rotatable bonds is 5. The van der Waals surface area contributed by atoms with Gasteiger partial charge >= 0.3 is 0 Å². The molecule has 3 aromatic heterocycles. The Labute approximate surface area is 199 Å². The Morgan fingerprint density at radius 2 is 2.15 bits per heavy atom. The number of hydrogen-bond acceptors (Lipinski definition) is 8. The number of allylic oxidation sites excluding steroid dienone is 1. The number of aliphatic imine (C=N–C) groups is 1. The molecule has 3 aromatic rings. The lowest BCUT2D eigenvalue weighted by Crippen LogP contribution is -2.44. The van der Waals surface area contributed by atoms with Crippen LogP contribution in [0.5, 0.6) is 0 Å². The Hall–Kier alpha value is -3.30. The molecule has 0 spiro atoms. The van der Waals surface area contributed by atoms with E-state index in [0.29, 0.717) is 13.2 Å². The van der Waals surface area contributed by atoms with Crippen LogP contribution in [0, 0.1) is 0 Å². The molecule has 0 aromatic carbocycles. The Balaban J connectivity index is 1.72. The third-order valence-corrected chi connectivity index (χ3v) is 6.49. The lowest BCUT2D eigenvalue weighted by Gasteiger charge is -2.34. The second-order valence-corrected chi connectivity index (χ2v) is 8.65. The number of anilines is 1. The van der Waals surface area contributed by atoms with Gasteiger partial charge in [0.15, 0.2) is 6.23 Å². The van der Waals surface area contributed by atoms with Crippen LogP contribution >= 0.6 is 0 Å². The zero-order chi connectivity index (χ0) is 23.5. The lowest BCUT2D eigenvalue weighted by atomic mass is 10.0. The highest BCUT2D eigenvalue weighted by molar-refractivity contribution is 6.17. The van der Waals surface area contributed by atoms with Crippen molar-refractivity contribution in [2.45, 2.75) is 38.5 Å². The van der Waals surface area contributed by atoms with E-state index >= 15 is 0 Å². The third kappa shape index (κ3) is 4.17. The lowest BCUT2D eigenvalue weighted by molar-refractivity contribution is -0.0383. The van der Waals surface area contributed by atoms with Crippen LogP contribution in [0.25, 0.3) is 22.3 Å². The molecule has 0 unspecified atom stereocenters. The summed E-state index contributed by atoms with van der Waals surface area (Å²) in [6.07, 6.45) is 10.0. The molecule has 34 heavy (non-hydrogen) atoms. The van der Waals surface area contributed by atoms with Crippen molar-refractivity contribution in [1.29, 1.82) is 0 Å². The summed E-state index contributed by atoms with van der Waals surface area (Å²) in [6, 6.07) is 6.28. The van der Waals surface area contributed by atoms with Gasteiger partial charge in [-0.3, -0.25) is 9.98 Å². The normalized spacial score (nSPS) is 22.1. The molecule has 9 heteroatoms. The summed E-state index contributed by atoms with van der Waals surface area (Å²) in [6.45, 7) is 5.00. The molecule has 0 amide bonds. The first-order valence-electron chi connectivity index (χ1n) is 11.9. The summed E-state index contributed by atoms with van der Waals surface area (Å²) in [4.78, 5) is 16.7. The molecule has 0 aliphatic carbocycles. The van der Waals surface area contributed by atoms with E-state index in [1.54, 1.807) is 13.2 Å². The summed E-state index contributed by atoms with van der Waals surface area (Å²) < 4.78 is 13.6. The van der Waals surface area contributed by atoms with Crippen molar-refractivity contribution in [3.63, 3.8) is 0 Å². The van der Waals surface area contributed by atoms with Gasteiger partial charge in [-0.1, -0.05) is 0 Å². The fourth-order valence-electron chi connectivity index (χ4n) is 4.78. The van der Waals surface area contributed by atoms with Gasteiger partial charge in [-0.15, -0.1) is 0 Å². The monoisotopic (exact) mass is 461 g/mol. The number of aromatic nitrogens is 4. The first-order chi connectivity index (χ1) is 16.7. The summed E-state index contributed by atoms with van der Waals surface area (Å²) in [7, 11) is 1.77. The predicted octanol–water partition coefficient (Wildman–Crippen LogP) is 3.31. The van der Waals surface area contributed by atoms with Crippen molar-refractivity contribution in [2.75, 3.05) is 38.3 Å². The second kappa shape index (κ2) is 9.90. The fourth-order valence-corrected chi connectivity index (χ4v) is 4.78. The second-order valence-electron chi connectivity index (χ2n) is 8.65. The number of morpholine rings is 1. The van der Waals surface area contributed by atoms with Crippen molar-refractivity contribution in [3.8, 4) is 11.4 Å². The maximum atomic E-state index is 6.03. The van der Waals surface area contributed by atoms with Gasteiger partial charge in [0.2, 0.25) is 0 Å². The molecular formula is C25H31N7O2. The molecule has 0 bridgehead atoms. The summed E-state index contributed by atoms with van der Waals surface area (Å²) in [5.74, 6) is 0.874. The van der Waals surface area contributed by atoms with E-state index in [2.05, 4.69) is 28.0 Å². The molecule has 5 heterocycles. The van der Waals surface area contributed by atoms with Crippen molar-refractivity contribution in [2.24, 2.45) is 10.7 Å². The first kappa shape index (κ1) is 22.5. The average molecular weight is 462 g/mol. The highest BCUT2D eigenvalue weighted by Crippen LogP contribution is 2.34. The van der Waals surface area contributed by atoms with Gasteiger partial charge in [0.1, 0.15) is 17.0 Å². The van der Waals surface area contributed by atoms with E-state index in [9.17, 15) is 0 Å². The third-order valence-electron chi connectivity index (χ3n) is 6.49. The summed E-state index contributed by atoms with van der Waals surface area (Å²) in [5.41, 5.74) is 9.99. The van der Waals surface area contributed by atoms with Gasteiger partial charge in [0, 0.05) is 43.5 Å². The maximum Gasteiger partial charge on any atom is 0.150 e. The molecule has 2 atom stereocenters. The van der Waals surface area contributed by atoms with E-state index in [1.807, 2.05) is 29.1 Å². The highest BCUT2D eigenvalue weighted by Gasteiger charge is 2.25. The molecule has 2 aliphatic heterocycles. The van der Waals surface area contributed by atoms with Gasteiger partial charge in [0.25, 0.3) is 0 Å². The van der Waals surface area contributed by atoms with Gasteiger partial charge in [-0.2, -0.15) is 5.10 Å². The minimum Gasteiger partial charge on any atom is -0.405 e. The molecule has 2 saturated heterocycles. The minimum atomic E-state index is -0.0920. The molecule has 2 fully saturated rings. The maximum absolute atomic E-state index is 6.03. The molecule has 0 saturated carbocycles. The largest absolute Gasteiger partial charge is 0.405 e. The van der Waals surface area contributed by atoms with E-state index in [0.717, 1.165) is 71.8 Å². The summed E-state index contributed by atoms with van der Waals surface area (Å²) in [5, 5.41) is 5.56. The predicted molar refractivity (Wildman–Crippen MR) is 133 cm³/mol. The number of pyridine rings is 2. The molecule has 2 N–H and O–H groups in total. The van der Waals surface area contributed by atoms with Gasteiger partial charge < -0.3 is 20.1 Å². The first-order valence-corrected chi connectivity index (χ1v) is 11.9. The Morgan fingerprint density at radius 3 is 2.91 bits per heavy atom. The SMILES string of the molecule is CN=C(C=CN)c1cc(N2CCOC[C@H]2C)nc2c(-c3ccnn3[C@H]3CCCCO3)nccc12. The number of hydrogen-bond donors (Lipinski definition) is 1. The Bertz CT molecular complexity index is 1210. The van der Waals surface area contributed by atoms with Crippen LogP contribution in [0.4, 0.5) is 5.82 Å². The van der Waals surface area contributed by atoms with E-state index in [1.165, 1.54) is 6.20 Å². The van der Waals surface area contributed by atoms with E-state index in [4.69, 9.17) is 25.2 Å². The molecule has 178 valence electrons. The van der Waals surface area contributed by atoms with Crippen LogP contribution in [0.3, 0.4) is 0 Å². The molecule has 9 nitrogen and oxygen atoms in total. The topological polar surface area (TPSA) is 104 Å². The quantitative estimate of drug-likeness (QED) is 0.581. The van der Waals surface area contributed by atoms with Crippen LogP contribution in [-0.4, -0.2) is 64.9 Å². The number of nitrogens with two attached hydrogens (primary N) is 1. The van der Waals surface area contributed by atoms with Crippen LogP contribution in [0.1, 0.15) is 38.0 Å². The smallest absolute Gasteiger partial charge is 0.150 e. The highest BCUT2D eigenvalue weighted by atomic mass is 16.5. The standard InChI is InChI=1S/C25H31N7O2/c1-17-16-33-14-12-31(17)22-15-19(20(27-2)6-9-26)18-7-10-28-25(24(18)30-22)21-8-11-29-32(21)23-5-3-4-13-34-23/h6-11,15,17,23H,3-5,12-14,16,26H2,1-2H3/t17-,23-/m1/s1. The molecular weight excluding hydrogens is 430 g/mol. The number of ether oxygens (including phenoxy) is 2. The van der Waals surface area contributed by atoms with Gasteiger partial charge in [-0.05, 0) is 56.7 Å². The number of nitrogens with zero attached hydrogens (tertiary/aromatic N) is 6. The van der Waals surface area contributed by atoms with Crippen molar-refractivity contribution in [1.82, 2.24) is 19.7 Å². The van der Waals surface area contributed by atoms with Crippen LogP contribution < -0.4 is 10.6 Å². The number of fused-ring (bicyclic) bond motifs is 1. The van der Waals surface area contributed by atoms with Crippen LogP contribution in [-0.2, 0) is 9.47 Å². The average Bonchev–Trinajstić information content (AvgIpc) is 3.37. The van der Waals surface area contributed by atoms with E-state index < -0.39 is 0 Å². The minimum absolute atomic E-state index is 0.0920. The van der Waals surface area contributed by atoms with Crippen molar-refractivity contribution < 1.29 is 9.47 Å². The van der Waals surface area contributed by atoms with Crippen molar-refractivity contribution >= 4 is 22.4 Å².